The Hall–Kier alpha value is -11.2. The van der Waals surface area contributed by atoms with Crippen molar-refractivity contribution >= 4 is 15.8 Å². The van der Waals surface area contributed by atoms with Gasteiger partial charge in [0.15, 0.2) is 11.6 Å². The first-order chi connectivity index (χ1) is 54.5. The van der Waals surface area contributed by atoms with Crippen LogP contribution in [0.3, 0.4) is 0 Å². The first-order valence-corrected chi connectivity index (χ1v) is 40.2. The van der Waals surface area contributed by atoms with Gasteiger partial charge in [-0.2, -0.15) is 20.4 Å². The first kappa shape index (κ1) is 74.3. The average Bonchev–Trinajstić information content (AvgIpc) is 1.53. The highest BCUT2D eigenvalue weighted by Gasteiger charge is 2.68. The molecular weight excluding hydrogens is 1480 g/mol. The van der Waals surface area contributed by atoms with E-state index < -0.39 is 72.4 Å². The van der Waals surface area contributed by atoms with E-state index in [1.165, 1.54) is 60.7 Å². The van der Waals surface area contributed by atoms with Gasteiger partial charge in [0.1, 0.15) is 57.5 Å². The maximum absolute atomic E-state index is 14.5. The van der Waals surface area contributed by atoms with E-state index >= 15 is 0 Å². The van der Waals surface area contributed by atoms with Gasteiger partial charge in [-0.3, -0.25) is 19.7 Å². The van der Waals surface area contributed by atoms with E-state index in [4.69, 9.17) is 15.0 Å². The molecule has 8 aliphatic rings. The summed E-state index contributed by atoms with van der Waals surface area (Å²) < 4.78 is 112. The van der Waals surface area contributed by atoms with Crippen molar-refractivity contribution < 1.29 is 45.0 Å². The number of aliphatic hydroxyl groups is 2. The lowest BCUT2D eigenvalue weighted by atomic mass is 9.66. The van der Waals surface area contributed by atoms with Gasteiger partial charge in [-0.05, 0) is 243 Å². The summed E-state index contributed by atoms with van der Waals surface area (Å²) in [5.41, 5.74) is 8.57. The number of halogens is 6. The van der Waals surface area contributed by atoms with Crippen LogP contribution in [0.15, 0.2) is 164 Å². The van der Waals surface area contributed by atoms with Gasteiger partial charge < -0.3 is 10.2 Å². The monoisotopic (exact) mass is 1560 g/mol. The van der Waals surface area contributed by atoms with E-state index in [9.17, 15) is 45.0 Å². The third-order valence-corrected chi connectivity index (χ3v) is 27.3. The normalized spacial score (nSPS) is 23.2. The molecule has 0 amide bonds. The molecule has 9 aromatic heterocycles. The van der Waals surface area contributed by atoms with Crippen molar-refractivity contribution in [2.24, 2.45) is 16.2 Å². The minimum Gasteiger partial charge on any atom is -0.383 e. The number of sulfonamides is 1. The molecule has 0 spiro atoms. The summed E-state index contributed by atoms with van der Waals surface area (Å²) >= 11 is 0. The van der Waals surface area contributed by atoms with E-state index in [0.717, 1.165) is 120 Å². The SMILES string of the molecule is CC1(C)[C@H]2CC[C@]1(c1cccc(-c3ccc(C4(O)CCC4)nn3)n1)c1nnc(-c3c(F)cccc3F)cc12.CC1(C)[C@H]2CC[C@]1(c1cccc(-c3ccc(NS(C)(=O)=O)nn3)n1)c1nnc(-c3c(F)cccc3F)cc12.CC1(C)[C@H]2CC[C@]1(c1cccc(-c3cnc(C4(O)CCC4)nc3)n1)c1nnc(-c3c(F)cccc3F)cc12. The summed E-state index contributed by atoms with van der Waals surface area (Å²) in [6.07, 6.45) is 14.5. The fourth-order valence-corrected chi connectivity index (χ4v) is 20.9. The number of nitrogens with one attached hydrogen (secondary N) is 1. The van der Waals surface area contributed by atoms with Crippen LogP contribution in [0.25, 0.3) is 67.8 Å². The molecule has 20 nitrogen and oxygen atoms in total. The predicted molar refractivity (Wildman–Crippen MR) is 412 cm³/mol. The second kappa shape index (κ2) is 26.7. The Labute approximate surface area is 653 Å². The molecule has 8 aliphatic carbocycles. The molecule has 3 aromatic carbocycles. The standard InChI is InChI=1S/2C30H27F2N5O.C27H24F2N6O2S/c1-28(2)18-12-15-30(28,27-17(18)16-23(35-37-27)26-19(31)6-3-7-20(26)32)25-9-4-8-21(33-25)22-10-11-24(36-34-22)29(38)13-5-14-29;1-28(2)19-10-13-30(28,26-18(19)14-23(36-37-26)25-20(31)6-3-7-21(25)32)24-9-4-8-22(35-24)17-15-33-27(34-16-17)29(38)11-5-12-29;1-26(2)16-12-13-27(26,25-15(16)14-21(32-34-25)24-17(28)6-4-7-18(24)29)22-9-5-8-19(30-22)20-10-11-23(33-31-20)35-38(3,36)37/h3-4,6-11,16,18,38H,5,12-15H2,1-2H3;3-4,6-9,14-16,19,38H,5,10-13H2,1-2H3;4-11,14,16H,12-13H2,1-3H3,(H,33,35)/t18-,30-;19-,30-;16-,27-/m000/s1. The van der Waals surface area contributed by atoms with Crippen LogP contribution in [-0.4, -0.2) is 101 Å². The molecule has 0 saturated heterocycles. The van der Waals surface area contributed by atoms with Crippen LogP contribution >= 0.6 is 0 Å². The third-order valence-electron chi connectivity index (χ3n) is 26.7. The summed E-state index contributed by atoms with van der Waals surface area (Å²) in [4.78, 5) is 24.0. The van der Waals surface area contributed by atoms with Crippen LogP contribution in [0.5, 0.6) is 0 Å². The zero-order valence-electron chi connectivity index (χ0n) is 63.4. The molecule has 5 saturated carbocycles. The number of anilines is 1. The second-order valence-electron chi connectivity index (χ2n) is 33.3. The molecule has 27 heteroatoms. The maximum atomic E-state index is 14.5. The zero-order chi connectivity index (χ0) is 79.4. The van der Waals surface area contributed by atoms with Crippen molar-refractivity contribution in [3.63, 3.8) is 0 Å². The fraction of sp³-hybridized carbons (Fsp3) is 0.345. The van der Waals surface area contributed by atoms with Gasteiger partial charge in [0.2, 0.25) is 10.0 Å². The van der Waals surface area contributed by atoms with Gasteiger partial charge in [-0.1, -0.05) is 77.9 Å². The van der Waals surface area contributed by atoms with Crippen molar-refractivity contribution in [2.45, 2.75) is 164 Å². The number of rotatable bonds is 13. The van der Waals surface area contributed by atoms with Gasteiger partial charge in [0, 0.05) is 18.0 Å². The lowest BCUT2D eigenvalue weighted by Crippen LogP contribution is -2.37. The summed E-state index contributed by atoms with van der Waals surface area (Å²) in [6.45, 7) is 13.2. The number of aromatic nitrogens is 15. The molecule has 114 heavy (non-hydrogen) atoms. The number of fused-ring (bicyclic) bond motifs is 15. The highest BCUT2D eigenvalue weighted by atomic mass is 32.2. The van der Waals surface area contributed by atoms with E-state index in [0.29, 0.717) is 60.0 Å². The number of pyridine rings is 3. The van der Waals surface area contributed by atoms with Crippen LogP contribution < -0.4 is 4.72 Å². The molecule has 5 fully saturated rings. The Morgan fingerprint density at radius 1 is 0.368 bits per heavy atom. The van der Waals surface area contributed by atoms with E-state index in [2.05, 4.69) is 107 Å². The summed E-state index contributed by atoms with van der Waals surface area (Å²) in [5, 5.41) is 64.8. The van der Waals surface area contributed by atoms with Gasteiger partial charge in [0.25, 0.3) is 0 Å². The molecule has 20 rings (SSSR count). The predicted octanol–water partition coefficient (Wildman–Crippen LogP) is 16.5. The topological polar surface area (TPSA) is 280 Å². The zero-order valence-corrected chi connectivity index (χ0v) is 64.2. The van der Waals surface area contributed by atoms with Crippen LogP contribution in [0.2, 0.25) is 0 Å². The Morgan fingerprint density at radius 2 is 0.711 bits per heavy atom. The van der Waals surface area contributed by atoms with Crippen molar-refractivity contribution in [3.05, 3.63) is 261 Å². The summed E-state index contributed by atoms with van der Waals surface area (Å²) in [7, 11) is -3.47. The minimum absolute atomic E-state index is 0.118. The van der Waals surface area contributed by atoms with E-state index in [-0.39, 0.29) is 73.6 Å². The molecule has 0 aliphatic heterocycles. The number of benzene rings is 3. The Kier molecular flexibility index (Phi) is 17.4. The fourth-order valence-electron chi connectivity index (χ4n) is 20.4. The number of hydrogen-bond donors (Lipinski definition) is 3. The third kappa shape index (κ3) is 11.3. The molecule has 3 N–H and O–H groups in total. The minimum atomic E-state index is -3.47. The van der Waals surface area contributed by atoms with E-state index in [1.54, 1.807) is 24.5 Å². The molecule has 6 atom stereocenters. The van der Waals surface area contributed by atoms with Gasteiger partial charge >= 0.3 is 0 Å². The smallest absolute Gasteiger partial charge is 0.231 e. The number of hydrogen-bond acceptors (Lipinski definition) is 19. The highest BCUT2D eigenvalue weighted by molar-refractivity contribution is 7.92. The highest BCUT2D eigenvalue weighted by Crippen LogP contribution is 2.72. The van der Waals surface area contributed by atoms with Crippen LogP contribution in [0, 0.1) is 51.1 Å². The molecule has 0 radical (unpaired) electrons. The summed E-state index contributed by atoms with van der Waals surface area (Å²) in [6, 6.07) is 41.2. The Balaban J connectivity index is 0.000000119. The van der Waals surface area contributed by atoms with Gasteiger partial charge in [-0.15, -0.1) is 30.6 Å². The number of nitrogens with zero attached hydrogens (tertiary/aromatic N) is 15. The molecule has 12 aromatic rings. The van der Waals surface area contributed by atoms with Crippen LogP contribution in [-0.2, 0) is 37.5 Å². The molecule has 6 bridgehead atoms. The average molecular weight is 1560 g/mol. The lowest BCUT2D eigenvalue weighted by Gasteiger charge is -2.37. The van der Waals surface area contributed by atoms with Gasteiger partial charge in [-0.25, -0.2) is 44.7 Å². The quantitative estimate of drug-likeness (QED) is 0.0904. The van der Waals surface area contributed by atoms with Crippen molar-refractivity contribution in [2.75, 3.05) is 11.0 Å². The molecule has 0 unspecified atom stereocenters. The van der Waals surface area contributed by atoms with Crippen molar-refractivity contribution in [1.29, 1.82) is 0 Å². The molecule has 578 valence electrons. The summed E-state index contributed by atoms with van der Waals surface area (Å²) in [5.74, 6) is -2.93. The molecular formula is C87H78F6N16O4S. The van der Waals surface area contributed by atoms with Gasteiger partial charge in [0.05, 0.1) is 113 Å². The second-order valence-corrected chi connectivity index (χ2v) is 35.1. The maximum Gasteiger partial charge on any atom is 0.231 e. The first-order valence-electron chi connectivity index (χ1n) is 38.3. The Morgan fingerprint density at radius 3 is 1.04 bits per heavy atom. The lowest BCUT2D eigenvalue weighted by molar-refractivity contribution is -0.0467. The van der Waals surface area contributed by atoms with E-state index in [1.807, 2.05) is 78.9 Å². The molecule has 9 heterocycles. The van der Waals surface area contributed by atoms with Crippen molar-refractivity contribution in [1.82, 2.24) is 75.9 Å². The van der Waals surface area contributed by atoms with Crippen LogP contribution in [0.1, 0.15) is 199 Å². The van der Waals surface area contributed by atoms with Crippen molar-refractivity contribution in [3.8, 4) is 67.8 Å². The Bertz CT molecular complexity index is 5720. The largest absolute Gasteiger partial charge is 0.383 e. The van der Waals surface area contributed by atoms with Crippen LogP contribution in [0.4, 0.5) is 32.2 Å².